The molecular formula is C78H48N6O. The highest BCUT2D eigenvalue weighted by atomic mass is 16.5. The normalized spacial score (nSPS) is 16.4. The molecule has 0 saturated carbocycles. The van der Waals surface area contributed by atoms with Gasteiger partial charge in [0.25, 0.3) is 0 Å². The SMILES string of the molecule is N#Cc1ccc(-n2c3ccccc3c3cc(-c4ccc5c(c4)c4ccccc4n5-c4cc5c(c6ccccc46)C4C=CC(n6c7ccccc7c7cc(-c8ccc9c(c8)c8ccccc8n9C8=CCC(C#N)C=C8)ccc76)=CC4O5)ccc32)cc1. The molecule has 0 fully saturated rings. The first kappa shape index (κ1) is 47.3. The van der Waals surface area contributed by atoms with Crippen LogP contribution in [-0.4, -0.2) is 24.4 Å². The lowest BCUT2D eigenvalue weighted by Gasteiger charge is -2.21. The van der Waals surface area contributed by atoms with Crippen molar-refractivity contribution in [2.45, 2.75) is 18.4 Å². The fourth-order valence-electron chi connectivity index (χ4n) is 14.5. The summed E-state index contributed by atoms with van der Waals surface area (Å²) in [5, 5.41) is 31.0. The van der Waals surface area contributed by atoms with Crippen LogP contribution in [0.25, 0.3) is 143 Å². The molecule has 3 aliphatic rings. The molecule has 0 spiro atoms. The van der Waals surface area contributed by atoms with Gasteiger partial charge in [-0.05, 0) is 149 Å². The highest BCUT2D eigenvalue weighted by Gasteiger charge is 2.37. The number of nitriles is 2. The van der Waals surface area contributed by atoms with E-state index < -0.39 is 0 Å². The van der Waals surface area contributed by atoms with Crippen molar-refractivity contribution >= 4 is 109 Å². The Morgan fingerprint density at radius 2 is 0.824 bits per heavy atom. The van der Waals surface area contributed by atoms with Crippen molar-refractivity contribution in [1.29, 1.82) is 10.5 Å². The van der Waals surface area contributed by atoms with Gasteiger partial charge in [0, 0.05) is 83.1 Å². The highest BCUT2D eigenvalue weighted by Crippen LogP contribution is 2.50. The van der Waals surface area contributed by atoms with Gasteiger partial charge in [0.05, 0.1) is 73.4 Å². The molecule has 396 valence electrons. The molecule has 0 saturated heterocycles. The maximum absolute atomic E-state index is 9.58. The van der Waals surface area contributed by atoms with Gasteiger partial charge >= 0.3 is 0 Å². The number of ether oxygens (including phenoxy) is 1. The van der Waals surface area contributed by atoms with Crippen LogP contribution in [0.4, 0.5) is 0 Å². The van der Waals surface area contributed by atoms with Crippen molar-refractivity contribution in [3.05, 3.63) is 272 Å². The van der Waals surface area contributed by atoms with Gasteiger partial charge in [0.2, 0.25) is 0 Å². The second kappa shape index (κ2) is 18.1. The summed E-state index contributed by atoms with van der Waals surface area (Å²) < 4.78 is 16.7. The third-order valence-electron chi connectivity index (χ3n) is 18.4. The van der Waals surface area contributed by atoms with Gasteiger partial charge in [-0.25, -0.2) is 0 Å². The van der Waals surface area contributed by atoms with Gasteiger partial charge in [0.1, 0.15) is 11.9 Å². The Labute approximate surface area is 488 Å². The number of para-hydroxylation sites is 4. The second-order valence-electron chi connectivity index (χ2n) is 22.9. The zero-order valence-electron chi connectivity index (χ0n) is 45.9. The van der Waals surface area contributed by atoms with Crippen molar-refractivity contribution < 1.29 is 4.74 Å². The number of benzene rings is 11. The van der Waals surface area contributed by atoms with Crippen LogP contribution in [0.2, 0.25) is 0 Å². The Hall–Kier alpha value is -11.4. The Balaban J connectivity index is 0.710. The molecule has 5 heterocycles. The molecular weight excluding hydrogens is 1040 g/mol. The number of hydrogen-bond acceptors (Lipinski definition) is 3. The van der Waals surface area contributed by atoms with Crippen LogP contribution >= 0.6 is 0 Å². The molecule has 4 aromatic heterocycles. The van der Waals surface area contributed by atoms with Crippen molar-refractivity contribution in [3.63, 3.8) is 0 Å². The van der Waals surface area contributed by atoms with Crippen LogP contribution in [-0.2, 0) is 0 Å². The molecule has 15 aromatic rings. The van der Waals surface area contributed by atoms with Crippen LogP contribution in [0.3, 0.4) is 0 Å². The number of fused-ring (bicyclic) bond motifs is 17. The molecule has 85 heavy (non-hydrogen) atoms. The largest absolute Gasteiger partial charge is 0.485 e. The molecule has 3 unspecified atom stereocenters. The van der Waals surface area contributed by atoms with E-state index in [0.29, 0.717) is 12.0 Å². The summed E-state index contributed by atoms with van der Waals surface area (Å²) in [6.07, 6.45) is 13.8. The monoisotopic (exact) mass is 1080 g/mol. The molecule has 11 aromatic carbocycles. The van der Waals surface area contributed by atoms with E-state index in [1.165, 1.54) is 59.4 Å². The average molecular weight is 1090 g/mol. The topological polar surface area (TPSA) is 76.5 Å². The van der Waals surface area contributed by atoms with Gasteiger partial charge < -0.3 is 23.0 Å². The minimum atomic E-state index is -0.207. The predicted octanol–water partition coefficient (Wildman–Crippen LogP) is 19.4. The van der Waals surface area contributed by atoms with Crippen molar-refractivity contribution in [3.8, 4) is 51.5 Å². The van der Waals surface area contributed by atoms with E-state index in [2.05, 4.69) is 261 Å². The Morgan fingerprint density at radius 3 is 1.33 bits per heavy atom. The summed E-state index contributed by atoms with van der Waals surface area (Å²) in [5.74, 6) is 0.857. The van der Waals surface area contributed by atoms with Crippen LogP contribution < -0.4 is 4.74 Å². The smallest absolute Gasteiger partial charge is 0.130 e. The van der Waals surface area contributed by atoms with Gasteiger partial charge in [-0.1, -0.05) is 140 Å². The maximum atomic E-state index is 9.58. The van der Waals surface area contributed by atoms with E-state index in [1.54, 1.807) is 0 Å². The van der Waals surface area contributed by atoms with E-state index in [9.17, 15) is 10.5 Å². The molecule has 3 atom stereocenters. The zero-order valence-corrected chi connectivity index (χ0v) is 45.9. The number of allylic oxidation sites excluding steroid dienone is 6. The first-order valence-corrected chi connectivity index (χ1v) is 29.1. The summed E-state index contributed by atoms with van der Waals surface area (Å²) in [6, 6.07) is 85.9. The third kappa shape index (κ3) is 6.93. The molecule has 0 bridgehead atoms. The van der Waals surface area contributed by atoms with Gasteiger partial charge in [0.15, 0.2) is 0 Å². The van der Waals surface area contributed by atoms with E-state index in [1.807, 2.05) is 30.3 Å². The predicted molar refractivity (Wildman–Crippen MR) is 348 cm³/mol. The summed E-state index contributed by atoms with van der Waals surface area (Å²) in [5.41, 5.74) is 19.9. The summed E-state index contributed by atoms with van der Waals surface area (Å²) >= 11 is 0. The quantitative estimate of drug-likeness (QED) is 0.166. The number of hydrogen-bond donors (Lipinski definition) is 0. The van der Waals surface area contributed by atoms with Crippen LogP contribution in [0.5, 0.6) is 5.75 Å². The van der Waals surface area contributed by atoms with E-state index in [0.717, 1.165) is 94.9 Å². The first-order valence-electron chi connectivity index (χ1n) is 29.1. The molecule has 0 N–H and O–H groups in total. The summed E-state index contributed by atoms with van der Waals surface area (Å²) in [7, 11) is 0. The number of aromatic nitrogens is 4. The number of nitrogens with zero attached hydrogens (tertiary/aromatic N) is 6. The molecule has 7 nitrogen and oxygen atoms in total. The van der Waals surface area contributed by atoms with E-state index in [-0.39, 0.29) is 17.9 Å². The molecule has 18 rings (SSSR count). The zero-order chi connectivity index (χ0) is 56.0. The minimum Gasteiger partial charge on any atom is -0.485 e. The fraction of sp³-hybridized carbons (Fsp3) is 0.0513. The second-order valence-corrected chi connectivity index (χ2v) is 22.9. The fourth-order valence-corrected chi connectivity index (χ4v) is 14.5. The first-order chi connectivity index (χ1) is 42.0. The van der Waals surface area contributed by atoms with E-state index in [4.69, 9.17) is 4.74 Å². The van der Waals surface area contributed by atoms with Gasteiger partial charge in [-0.15, -0.1) is 0 Å². The average Bonchev–Trinajstić information content (AvgIpc) is 2.22. The molecule has 2 aliphatic carbocycles. The molecule has 0 radical (unpaired) electrons. The third-order valence-corrected chi connectivity index (χ3v) is 18.4. The van der Waals surface area contributed by atoms with Crippen LogP contribution in [0.15, 0.2) is 261 Å². The van der Waals surface area contributed by atoms with Gasteiger partial charge in [-0.2, -0.15) is 10.5 Å². The number of rotatable bonds is 6. The summed E-state index contributed by atoms with van der Waals surface area (Å²) in [6.45, 7) is 0. The van der Waals surface area contributed by atoms with Crippen LogP contribution in [0, 0.1) is 28.6 Å². The Morgan fingerprint density at radius 1 is 0.388 bits per heavy atom. The lowest BCUT2D eigenvalue weighted by molar-refractivity contribution is 0.269. The molecule has 1 aliphatic heterocycles. The van der Waals surface area contributed by atoms with Crippen molar-refractivity contribution in [1.82, 2.24) is 18.3 Å². The molecule has 7 heteroatoms. The van der Waals surface area contributed by atoms with Crippen molar-refractivity contribution in [2.75, 3.05) is 0 Å². The highest BCUT2D eigenvalue weighted by molar-refractivity contribution is 6.16. The lowest BCUT2D eigenvalue weighted by Crippen LogP contribution is -2.18. The maximum Gasteiger partial charge on any atom is 0.130 e. The lowest BCUT2D eigenvalue weighted by atomic mass is 9.87. The Bertz CT molecular complexity index is 5660. The van der Waals surface area contributed by atoms with Gasteiger partial charge in [-0.3, -0.25) is 0 Å². The van der Waals surface area contributed by atoms with Crippen LogP contribution in [0.1, 0.15) is 23.5 Å². The van der Waals surface area contributed by atoms with E-state index >= 15 is 0 Å². The Kier molecular flexibility index (Phi) is 10.0. The summed E-state index contributed by atoms with van der Waals surface area (Å²) in [4.78, 5) is 0. The molecule has 0 amide bonds. The standard InChI is InChI=1S/C78H48N6O/c79-45-47-21-29-53(30-22-47)81-67-17-7-3-12-57(67)63-39-49(25-35-71(63)81)51-27-37-73-65(41-51)59-14-5-9-19-69(59)83(73)55-33-34-62-76(43-55)85-77-44-75(56-11-1-2-16-61(56)78(62)77)84-70-20-10-6-15-60(70)66-42-52(28-38-74(66)84)50-26-36-72-64(40-50)58-13-4-8-18-68(58)82(72)54-31-23-48(46-80)24-32-54/h1-21,23-44,47,62,76H,22H2. The van der Waals surface area contributed by atoms with Crippen molar-refractivity contribution in [2.24, 2.45) is 5.92 Å². The minimum absolute atomic E-state index is 0.0364.